The molecule has 0 aliphatic heterocycles. The summed E-state index contributed by atoms with van der Waals surface area (Å²) in [6, 6.07) is 6.20. The largest absolute Gasteiger partial charge is 0.478 e. The molecule has 0 aliphatic rings. The van der Waals surface area contributed by atoms with Gasteiger partial charge in [-0.05, 0) is 24.3 Å². The molecule has 0 bridgehead atoms. The third-order valence-electron chi connectivity index (χ3n) is 2.79. The van der Waals surface area contributed by atoms with E-state index in [1.165, 1.54) is 18.2 Å². The van der Waals surface area contributed by atoms with Crippen molar-refractivity contribution < 1.29 is 19.0 Å². The van der Waals surface area contributed by atoms with Gasteiger partial charge in [-0.15, -0.1) is 0 Å². The molecule has 0 saturated carbocycles. The van der Waals surface area contributed by atoms with Gasteiger partial charge in [-0.1, -0.05) is 0 Å². The van der Waals surface area contributed by atoms with E-state index >= 15 is 0 Å². The van der Waals surface area contributed by atoms with Crippen molar-refractivity contribution in [1.82, 2.24) is 0 Å². The molecule has 5 nitrogen and oxygen atoms in total. The second-order valence-electron chi connectivity index (χ2n) is 4.26. The maximum atomic E-state index is 13.4. The Balaban J connectivity index is 3.09. The van der Waals surface area contributed by atoms with Gasteiger partial charge >= 0.3 is 5.97 Å². The topological polar surface area (TPSA) is 73.6 Å². The maximum Gasteiger partial charge on any atom is 0.328 e. The van der Waals surface area contributed by atoms with E-state index in [9.17, 15) is 9.18 Å². The lowest BCUT2D eigenvalue weighted by Gasteiger charge is -2.25. The number of hydrogen-bond acceptors (Lipinski definition) is 4. The summed E-state index contributed by atoms with van der Waals surface area (Å²) in [6.45, 7) is 1.43. The van der Waals surface area contributed by atoms with E-state index in [1.807, 2.05) is 4.90 Å². The molecule has 0 aromatic heterocycles. The first-order chi connectivity index (χ1) is 10.1. The molecule has 1 aromatic carbocycles. The fourth-order valence-corrected chi connectivity index (χ4v) is 1.85. The number of aliphatic carboxylic acids is 1. The average molecular weight is 292 g/mol. The number of nitrogens with zero attached hydrogens (tertiary/aromatic N) is 2. The van der Waals surface area contributed by atoms with Gasteiger partial charge in [0.25, 0.3) is 0 Å². The van der Waals surface area contributed by atoms with Gasteiger partial charge in [0.1, 0.15) is 5.82 Å². The number of halogens is 1. The Hall–Kier alpha value is -2.39. The summed E-state index contributed by atoms with van der Waals surface area (Å²) < 4.78 is 18.4. The van der Waals surface area contributed by atoms with Crippen LogP contribution >= 0.6 is 0 Å². The van der Waals surface area contributed by atoms with Crippen LogP contribution in [0, 0.1) is 17.1 Å². The summed E-state index contributed by atoms with van der Waals surface area (Å²) in [7, 11) is 1.57. The second kappa shape index (κ2) is 8.72. The summed E-state index contributed by atoms with van der Waals surface area (Å²) >= 11 is 0. The molecule has 0 aliphatic carbocycles. The number of rotatable bonds is 8. The van der Waals surface area contributed by atoms with E-state index in [0.29, 0.717) is 37.4 Å². The Morgan fingerprint density at radius 3 is 2.90 bits per heavy atom. The highest BCUT2D eigenvalue weighted by atomic mass is 19.1. The molecule has 1 N–H and O–H groups in total. The lowest BCUT2D eigenvalue weighted by molar-refractivity contribution is -0.131. The van der Waals surface area contributed by atoms with Gasteiger partial charge in [-0.2, -0.15) is 5.26 Å². The highest BCUT2D eigenvalue weighted by Crippen LogP contribution is 2.23. The fraction of sp³-hybridized carbons (Fsp3) is 0.333. The van der Waals surface area contributed by atoms with Crippen LogP contribution < -0.4 is 4.90 Å². The number of carboxylic acids is 1. The highest BCUT2D eigenvalue weighted by Gasteiger charge is 2.11. The Kier molecular flexibility index (Phi) is 6.92. The third kappa shape index (κ3) is 5.63. The minimum atomic E-state index is -1.11. The predicted octanol–water partition coefficient (Wildman–Crippen LogP) is 2.29. The van der Waals surface area contributed by atoms with Crippen LogP contribution in [0.1, 0.15) is 12.0 Å². The van der Waals surface area contributed by atoms with E-state index < -0.39 is 11.8 Å². The summed E-state index contributed by atoms with van der Waals surface area (Å²) in [5.41, 5.74) is 1.12. The number of nitriles is 1. The van der Waals surface area contributed by atoms with Crippen molar-refractivity contribution in [3.63, 3.8) is 0 Å². The molecule has 0 heterocycles. The number of methoxy groups -OCH3 is 1. The zero-order chi connectivity index (χ0) is 15.7. The molecule has 0 saturated heterocycles. The van der Waals surface area contributed by atoms with Gasteiger partial charge in [0.2, 0.25) is 0 Å². The van der Waals surface area contributed by atoms with Crippen LogP contribution in [0.2, 0.25) is 0 Å². The molecule has 0 fully saturated rings. The Bertz CT molecular complexity index is 552. The first kappa shape index (κ1) is 16.7. The standard InChI is InChI=1S/C15H17FN2O3/c1-21-10-9-18(8-2-7-17)14-5-4-13(16)11-12(14)3-6-15(19)20/h3-6,11H,2,8-10H2,1H3,(H,19,20). The van der Waals surface area contributed by atoms with Gasteiger partial charge in [-0.25, -0.2) is 9.18 Å². The van der Waals surface area contributed by atoms with Crippen LogP contribution in [-0.2, 0) is 9.53 Å². The van der Waals surface area contributed by atoms with Crippen molar-refractivity contribution in [3.05, 3.63) is 35.7 Å². The number of anilines is 1. The monoisotopic (exact) mass is 292 g/mol. The smallest absolute Gasteiger partial charge is 0.328 e. The van der Waals surface area contributed by atoms with E-state index in [2.05, 4.69) is 6.07 Å². The third-order valence-corrected chi connectivity index (χ3v) is 2.79. The molecule has 21 heavy (non-hydrogen) atoms. The van der Waals surface area contributed by atoms with Crippen LogP contribution in [0.5, 0.6) is 0 Å². The van der Waals surface area contributed by atoms with Crippen molar-refractivity contribution in [2.24, 2.45) is 0 Å². The van der Waals surface area contributed by atoms with Crippen LogP contribution in [0.4, 0.5) is 10.1 Å². The zero-order valence-electron chi connectivity index (χ0n) is 11.8. The SMILES string of the molecule is COCCN(CCC#N)c1ccc(F)cc1C=CC(=O)O. The average Bonchev–Trinajstić information content (AvgIpc) is 2.46. The maximum absolute atomic E-state index is 13.4. The van der Waals surface area contributed by atoms with Crippen LogP contribution in [0.15, 0.2) is 24.3 Å². The van der Waals surface area contributed by atoms with Gasteiger partial charge in [0.05, 0.1) is 19.1 Å². The summed E-state index contributed by atoms with van der Waals surface area (Å²) in [5.74, 6) is -1.55. The number of benzene rings is 1. The molecule has 112 valence electrons. The first-order valence-corrected chi connectivity index (χ1v) is 6.40. The van der Waals surface area contributed by atoms with Crippen LogP contribution in [0.25, 0.3) is 6.08 Å². The minimum absolute atomic E-state index is 0.309. The number of carbonyl (C=O) groups is 1. The van der Waals surface area contributed by atoms with Crippen molar-refractivity contribution in [2.45, 2.75) is 6.42 Å². The predicted molar refractivity (Wildman–Crippen MR) is 77.4 cm³/mol. The van der Waals surface area contributed by atoms with Gasteiger partial charge < -0.3 is 14.7 Å². The first-order valence-electron chi connectivity index (χ1n) is 6.40. The minimum Gasteiger partial charge on any atom is -0.478 e. The Morgan fingerprint density at radius 1 is 1.52 bits per heavy atom. The van der Waals surface area contributed by atoms with Crippen molar-refractivity contribution in [1.29, 1.82) is 5.26 Å². The normalized spacial score (nSPS) is 10.5. The van der Waals surface area contributed by atoms with E-state index in [4.69, 9.17) is 15.1 Å². The summed E-state index contributed by atoms with van der Waals surface area (Å²) in [4.78, 5) is 12.5. The van der Waals surface area contributed by atoms with E-state index in [0.717, 1.165) is 6.08 Å². The molecular weight excluding hydrogens is 275 g/mol. The molecular formula is C15H17FN2O3. The van der Waals surface area contributed by atoms with E-state index in [-0.39, 0.29) is 0 Å². The van der Waals surface area contributed by atoms with E-state index in [1.54, 1.807) is 13.2 Å². The Morgan fingerprint density at radius 2 is 2.29 bits per heavy atom. The molecule has 0 atom stereocenters. The van der Waals surface area contributed by atoms with Gasteiger partial charge in [-0.3, -0.25) is 0 Å². The van der Waals surface area contributed by atoms with Crippen molar-refractivity contribution in [2.75, 3.05) is 31.7 Å². The molecule has 1 aromatic rings. The molecule has 0 radical (unpaired) electrons. The molecule has 0 amide bonds. The molecule has 6 heteroatoms. The highest BCUT2D eigenvalue weighted by molar-refractivity contribution is 5.87. The fourth-order valence-electron chi connectivity index (χ4n) is 1.85. The zero-order valence-corrected chi connectivity index (χ0v) is 11.8. The summed E-state index contributed by atoms with van der Waals surface area (Å²) in [6.07, 6.45) is 2.60. The quantitative estimate of drug-likeness (QED) is 0.744. The lowest BCUT2D eigenvalue weighted by Crippen LogP contribution is -2.28. The lowest BCUT2D eigenvalue weighted by atomic mass is 10.1. The van der Waals surface area contributed by atoms with Crippen LogP contribution in [0.3, 0.4) is 0 Å². The Labute approximate surface area is 122 Å². The van der Waals surface area contributed by atoms with Crippen molar-refractivity contribution in [3.8, 4) is 6.07 Å². The van der Waals surface area contributed by atoms with Gasteiger partial charge in [0, 0.05) is 37.5 Å². The molecule has 0 unspecified atom stereocenters. The number of ether oxygens (including phenoxy) is 1. The second-order valence-corrected chi connectivity index (χ2v) is 4.26. The van der Waals surface area contributed by atoms with Gasteiger partial charge in [0.15, 0.2) is 0 Å². The number of carboxylic acid groups (broad SMARTS) is 1. The van der Waals surface area contributed by atoms with Crippen molar-refractivity contribution >= 4 is 17.7 Å². The molecule has 0 spiro atoms. The summed E-state index contributed by atoms with van der Waals surface area (Å²) in [5, 5.41) is 17.4. The van der Waals surface area contributed by atoms with Crippen LogP contribution in [-0.4, -0.2) is 37.9 Å². The molecule has 1 rings (SSSR count). The number of hydrogen-bond donors (Lipinski definition) is 1.